The summed E-state index contributed by atoms with van der Waals surface area (Å²) in [7, 11) is 2.06. The first-order chi connectivity index (χ1) is 13.3. The van der Waals surface area contributed by atoms with Gasteiger partial charge in [0.15, 0.2) is 0 Å². The molecule has 2 aromatic rings. The quantitative estimate of drug-likeness (QED) is 0.839. The van der Waals surface area contributed by atoms with E-state index in [1.165, 1.54) is 0 Å². The number of hydrogen-bond acceptors (Lipinski definition) is 3. The molecular formula is C22H27N3O2. The van der Waals surface area contributed by atoms with Crippen LogP contribution in [0.3, 0.4) is 0 Å². The predicted molar refractivity (Wildman–Crippen MR) is 108 cm³/mol. The van der Waals surface area contributed by atoms with Crippen molar-refractivity contribution in [2.45, 2.75) is 33.2 Å². The number of aromatic nitrogens is 1. The van der Waals surface area contributed by atoms with Crippen LogP contribution in [0.2, 0.25) is 0 Å². The summed E-state index contributed by atoms with van der Waals surface area (Å²) < 4.78 is 9.93. The maximum atomic E-state index is 13.0. The fourth-order valence-corrected chi connectivity index (χ4v) is 4.66. The second-order valence-electron chi connectivity index (χ2n) is 7.57. The van der Waals surface area contributed by atoms with Crippen LogP contribution in [0, 0.1) is 5.92 Å². The molecule has 0 unspecified atom stereocenters. The molecule has 0 radical (unpaired) electrons. The Labute approximate surface area is 161 Å². The van der Waals surface area contributed by atoms with Crippen molar-refractivity contribution in [2.75, 3.05) is 26.7 Å². The SMILES string of the molecule is [2H]c1cc2c3c(cn(C(C)=O)c3c1)C[C@@H]1C2=C[C@@H](C(=O)N(CC)CC)CN1C. The van der Waals surface area contributed by atoms with Crippen molar-refractivity contribution in [1.29, 1.82) is 0 Å². The largest absolute Gasteiger partial charge is 0.343 e. The number of carbonyl (C=O) groups excluding carboxylic acids is 2. The highest BCUT2D eigenvalue weighted by Gasteiger charge is 2.37. The summed E-state index contributed by atoms with van der Waals surface area (Å²) in [5.74, 6) is -0.0696. The van der Waals surface area contributed by atoms with Crippen molar-refractivity contribution >= 4 is 28.3 Å². The van der Waals surface area contributed by atoms with Crippen LogP contribution in [0.1, 0.15) is 38.1 Å². The topological polar surface area (TPSA) is 45.6 Å². The zero-order valence-corrected chi connectivity index (χ0v) is 16.5. The highest BCUT2D eigenvalue weighted by atomic mass is 16.2. The first kappa shape index (κ1) is 16.8. The Kier molecular flexibility index (Phi) is 4.12. The lowest BCUT2D eigenvalue weighted by atomic mass is 9.79. The zero-order chi connectivity index (χ0) is 20.2. The molecule has 142 valence electrons. The molecule has 1 aromatic carbocycles. The molecule has 1 amide bonds. The highest BCUT2D eigenvalue weighted by molar-refractivity contribution is 6.03. The van der Waals surface area contributed by atoms with E-state index in [-0.39, 0.29) is 23.8 Å². The van der Waals surface area contributed by atoms with Gasteiger partial charge in [-0.2, -0.15) is 0 Å². The van der Waals surface area contributed by atoms with Crippen molar-refractivity contribution < 1.29 is 11.0 Å². The Morgan fingerprint density at radius 1 is 1.30 bits per heavy atom. The van der Waals surface area contributed by atoms with Crippen LogP contribution in [-0.2, 0) is 11.2 Å². The van der Waals surface area contributed by atoms with Gasteiger partial charge in [-0.3, -0.25) is 19.1 Å². The third-order valence-electron chi connectivity index (χ3n) is 6.05. The molecule has 0 bridgehead atoms. The molecule has 0 saturated carbocycles. The summed E-state index contributed by atoms with van der Waals surface area (Å²) in [5.41, 5.74) is 4.05. The van der Waals surface area contributed by atoms with Crippen LogP contribution < -0.4 is 0 Å². The fraction of sp³-hybridized carbons (Fsp3) is 0.455. The third kappa shape index (κ3) is 2.72. The Hall–Kier alpha value is -2.40. The van der Waals surface area contributed by atoms with E-state index in [2.05, 4.69) is 18.0 Å². The zero-order valence-electron chi connectivity index (χ0n) is 17.5. The van der Waals surface area contributed by atoms with E-state index in [0.29, 0.717) is 25.7 Å². The van der Waals surface area contributed by atoms with Crippen molar-refractivity contribution in [1.82, 2.24) is 14.4 Å². The average molecular weight is 366 g/mol. The van der Waals surface area contributed by atoms with Gasteiger partial charge in [0.25, 0.3) is 0 Å². The van der Waals surface area contributed by atoms with Gasteiger partial charge in [0, 0.05) is 44.2 Å². The van der Waals surface area contributed by atoms with E-state index in [1.807, 2.05) is 31.0 Å². The number of likely N-dealkylation sites (N-methyl/N-ethyl adjacent to an activating group) is 1. The van der Waals surface area contributed by atoms with Crippen molar-refractivity contribution in [3.8, 4) is 0 Å². The minimum absolute atomic E-state index is 0.0467. The summed E-state index contributed by atoms with van der Waals surface area (Å²) in [6, 6.07) is 4.19. The van der Waals surface area contributed by atoms with E-state index in [4.69, 9.17) is 1.37 Å². The molecule has 0 saturated heterocycles. The molecule has 1 aliphatic carbocycles. The number of nitrogens with zero attached hydrogens (tertiary/aromatic N) is 3. The van der Waals surface area contributed by atoms with Gasteiger partial charge < -0.3 is 4.90 Å². The number of benzene rings is 1. The van der Waals surface area contributed by atoms with Gasteiger partial charge in [-0.25, -0.2) is 0 Å². The van der Waals surface area contributed by atoms with Gasteiger partial charge in [0.1, 0.15) is 0 Å². The molecular weight excluding hydrogens is 338 g/mol. The van der Waals surface area contributed by atoms with Crippen LogP contribution in [-0.4, -0.2) is 58.9 Å². The summed E-state index contributed by atoms with van der Waals surface area (Å²) >= 11 is 0. The lowest BCUT2D eigenvalue weighted by Gasteiger charge is -2.40. The molecule has 27 heavy (non-hydrogen) atoms. The molecule has 0 spiro atoms. The van der Waals surface area contributed by atoms with Gasteiger partial charge in [0.05, 0.1) is 12.8 Å². The van der Waals surface area contributed by atoms with Crippen molar-refractivity contribution in [2.24, 2.45) is 5.92 Å². The summed E-state index contributed by atoms with van der Waals surface area (Å²) in [5, 5.41) is 1.05. The molecule has 1 aromatic heterocycles. The molecule has 2 atom stereocenters. The van der Waals surface area contributed by atoms with E-state index in [9.17, 15) is 9.59 Å². The second-order valence-corrected chi connectivity index (χ2v) is 7.57. The van der Waals surface area contributed by atoms with Crippen molar-refractivity contribution in [3.63, 3.8) is 0 Å². The highest BCUT2D eigenvalue weighted by Crippen LogP contribution is 2.41. The Bertz CT molecular complexity index is 1000. The Morgan fingerprint density at radius 2 is 2.04 bits per heavy atom. The number of carbonyl (C=O) groups is 2. The molecule has 2 heterocycles. The third-order valence-corrected chi connectivity index (χ3v) is 6.05. The molecule has 4 rings (SSSR count). The minimum Gasteiger partial charge on any atom is -0.343 e. The Morgan fingerprint density at radius 3 is 2.70 bits per heavy atom. The molecule has 2 aliphatic rings. The molecule has 5 heteroatoms. The fourth-order valence-electron chi connectivity index (χ4n) is 4.66. The molecule has 0 fully saturated rings. The molecule has 0 N–H and O–H groups in total. The number of rotatable bonds is 3. The number of amides is 1. The molecule has 5 nitrogen and oxygen atoms in total. The monoisotopic (exact) mass is 366 g/mol. The van der Waals surface area contributed by atoms with Crippen LogP contribution >= 0.6 is 0 Å². The normalized spacial score (nSPS) is 22.2. The van der Waals surface area contributed by atoms with Crippen LogP contribution in [0.25, 0.3) is 16.5 Å². The van der Waals surface area contributed by atoms with E-state index < -0.39 is 0 Å². The lowest BCUT2D eigenvalue weighted by Crippen LogP contribution is -2.47. The molecule has 1 aliphatic heterocycles. The van der Waals surface area contributed by atoms with Crippen LogP contribution in [0.15, 0.2) is 30.4 Å². The number of hydrogen-bond donors (Lipinski definition) is 0. The predicted octanol–water partition coefficient (Wildman–Crippen LogP) is 3.04. The van der Waals surface area contributed by atoms with Gasteiger partial charge in [0.2, 0.25) is 11.8 Å². The van der Waals surface area contributed by atoms with Gasteiger partial charge in [-0.15, -0.1) is 0 Å². The summed E-state index contributed by atoms with van der Waals surface area (Å²) in [6.07, 6.45) is 4.86. The number of fused-ring (bicyclic) bond motifs is 2. The minimum atomic E-state index is -0.183. The first-order valence-electron chi connectivity index (χ1n) is 10.2. The standard InChI is InChI=1S/C22H27N3O2/c1-5-24(6-2)22(27)16-10-18-17-8-7-9-19-21(17)15(13-25(19)14(3)26)11-20(18)23(4)12-16/h7-10,13,16,20H,5-6,11-12H2,1-4H3/t16-,20-/m1/s1/i7D. The van der Waals surface area contributed by atoms with Gasteiger partial charge >= 0.3 is 0 Å². The second kappa shape index (κ2) is 6.64. The van der Waals surface area contributed by atoms with Gasteiger partial charge in [-0.1, -0.05) is 18.2 Å². The average Bonchev–Trinajstić information content (AvgIpc) is 3.02. The van der Waals surface area contributed by atoms with Crippen LogP contribution in [0.4, 0.5) is 0 Å². The van der Waals surface area contributed by atoms with E-state index >= 15 is 0 Å². The Balaban J connectivity index is 1.89. The van der Waals surface area contributed by atoms with E-state index in [0.717, 1.165) is 34.0 Å². The van der Waals surface area contributed by atoms with Crippen LogP contribution in [0.5, 0.6) is 0 Å². The van der Waals surface area contributed by atoms with Gasteiger partial charge in [-0.05, 0) is 50.1 Å². The maximum Gasteiger partial charge on any atom is 0.230 e. The first-order valence-corrected chi connectivity index (χ1v) is 9.72. The smallest absolute Gasteiger partial charge is 0.230 e. The maximum absolute atomic E-state index is 13.0. The summed E-state index contributed by atoms with van der Waals surface area (Å²) in [6.45, 7) is 7.67. The van der Waals surface area contributed by atoms with Crippen molar-refractivity contribution in [3.05, 3.63) is 41.6 Å². The lowest BCUT2D eigenvalue weighted by molar-refractivity contribution is -0.134. The summed E-state index contributed by atoms with van der Waals surface area (Å²) in [4.78, 5) is 29.2. The van der Waals surface area contributed by atoms with E-state index in [1.54, 1.807) is 17.6 Å².